The van der Waals surface area contributed by atoms with Crippen LogP contribution in [-0.2, 0) is 13.0 Å². The molecule has 1 aromatic carbocycles. The van der Waals surface area contributed by atoms with Crippen molar-refractivity contribution in [2.45, 2.75) is 44.8 Å². The van der Waals surface area contributed by atoms with Gasteiger partial charge in [-0.2, -0.15) is 5.10 Å². The van der Waals surface area contributed by atoms with Crippen LogP contribution in [0.2, 0.25) is 5.02 Å². The number of nitrogens with zero attached hydrogens (tertiary/aromatic N) is 3. The molecule has 0 aliphatic heterocycles. The molecule has 130 valence electrons. The molecule has 0 saturated heterocycles. The molecule has 2 aromatic rings. The Balaban J connectivity index is 1.90. The van der Waals surface area contributed by atoms with Crippen LogP contribution < -0.4 is 0 Å². The Morgan fingerprint density at radius 1 is 1.33 bits per heavy atom. The van der Waals surface area contributed by atoms with Crippen LogP contribution in [0.25, 0.3) is 0 Å². The molecule has 4 nitrogen and oxygen atoms in total. The number of alkyl halides is 1. The molecule has 1 aromatic heterocycles. The molecule has 1 fully saturated rings. The van der Waals surface area contributed by atoms with Gasteiger partial charge in [0.15, 0.2) is 0 Å². The van der Waals surface area contributed by atoms with Crippen molar-refractivity contribution in [1.29, 1.82) is 0 Å². The van der Waals surface area contributed by atoms with Crippen LogP contribution in [0.15, 0.2) is 36.9 Å². The molecular weight excluding hydrogens is 345 g/mol. The topological polar surface area (TPSA) is 50.9 Å². The third-order valence-electron chi connectivity index (χ3n) is 5.76. The number of rotatable bonds is 6. The predicted octanol–water partition coefficient (Wildman–Crippen LogP) is 3.95. The molecule has 1 saturated carbocycles. The molecule has 3 atom stereocenters. The van der Waals surface area contributed by atoms with E-state index in [4.69, 9.17) is 23.2 Å². The maximum atomic E-state index is 11.7. The van der Waals surface area contributed by atoms with Crippen LogP contribution in [-0.4, -0.2) is 31.4 Å². The quantitative estimate of drug-likeness (QED) is 0.786. The summed E-state index contributed by atoms with van der Waals surface area (Å²) in [6, 6.07) is 7.86. The zero-order valence-electron chi connectivity index (χ0n) is 13.8. The van der Waals surface area contributed by atoms with Gasteiger partial charge in [-0.1, -0.05) is 30.7 Å². The Hall–Kier alpha value is -1.10. The van der Waals surface area contributed by atoms with Gasteiger partial charge in [0.05, 0.1) is 12.1 Å². The SMILES string of the molecule is CC[C@@]1(CCl)CC[C@H](Cc2ccc(Cl)cc2)[C@@]1(O)Cn1cncn1. The van der Waals surface area contributed by atoms with Crippen molar-refractivity contribution in [1.82, 2.24) is 14.8 Å². The fourth-order valence-electron chi connectivity index (χ4n) is 4.13. The van der Waals surface area contributed by atoms with Gasteiger partial charge in [0.2, 0.25) is 0 Å². The molecule has 6 heteroatoms. The van der Waals surface area contributed by atoms with Crippen LogP contribution in [0.5, 0.6) is 0 Å². The summed E-state index contributed by atoms with van der Waals surface area (Å²) in [4.78, 5) is 4.01. The van der Waals surface area contributed by atoms with Crippen molar-refractivity contribution >= 4 is 23.2 Å². The van der Waals surface area contributed by atoms with E-state index in [2.05, 4.69) is 17.0 Å². The minimum absolute atomic E-state index is 0.126. The fourth-order valence-corrected chi connectivity index (χ4v) is 4.81. The van der Waals surface area contributed by atoms with E-state index < -0.39 is 5.60 Å². The molecule has 1 aliphatic rings. The molecule has 1 heterocycles. The molecular formula is C18H23Cl2N3O. The van der Waals surface area contributed by atoms with Gasteiger partial charge in [-0.3, -0.25) is 4.68 Å². The van der Waals surface area contributed by atoms with Crippen molar-refractivity contribution < 1.29 is 5.11 Å². The zero-order valence-corrected chi connectivity index (χ0v) is 15.3. The van der Waals surface area contributed by atoms with Crippen LogP contribution in [0, 0.1) is 11.3 Å². The largest absolute Gasteiger partial charge is 0.387 e. The third kappa shape index (κ3) is 3.07. The molecule has 1 N–H and O–H groups in total. The van der Waals surface area contributed by atoms with Gasteiger partial charge >= 0.3 is 0 Å². The molecule has 1 aliphatic carbocycles. The lowest BCUT2D eigenvalue weighted by atomic mass is 9.69. The van der Waals surface area contributed by atoms with Crippen LogP contribution in [0.1, 0.15) is 31.7 Å². The van der Waals surface area contributed by atoms with Gasteiger partial charge in [-0.15, -0.1) is 11.6 Å². The van der Waals surface area contributed by atoms with Gasteiger partial charge < -0.3 is 5.11 Å². The fraction of sp³-hybridized carbons (Fsp3) is 0.556. The second kappa shape index (κ2) is 7.03. The van der Waals surface area contributed by atoms with Gasteiger partial charge in [0.25, 0.3) is 0 Å². The van der Waals surface area contributed by atoms with Gasteiger partial charge in [0, 0.05) is 16.3 Å². The van der Waals surface area contributed by atoms with Gasteiger partial charge in [-0.25, -0.2) is 4.98 Å². The Bertz CT molecular complexity index is 655. The van der Waals surface area contributed by atoms with Crippen LogP contribution >= 0.6 is 23.2 Å². The molecule has 3 rings (SSSR count). The van der Waals surface area contributed by atoms with Crippen molar-refractivity contribution in [3.05, 3.63) is 47.5 Å². The lowest BCUT2D eigenvalue weighted by Crippen LogP contribution is -2.53. The normalized spacial score (nSPS) is 29.9. The van der Waals surface area contributed by atoms with E-state index in [0.717, 1.165) is 30.7 Å². The first-order valence-corrected chi connectivity index (χ1v) is 9.29. The summed E-state index contributed by atoms with van der Waals surface area (Å²) in [5.41, 5.74) is -0.0167. The van der Waals surface area contributed by atoms with Crippen molar-refractivity contribution in [2.75, 3.05) is 5.88 Å². The Labute approximate surface area is 152 Å². The summed E-state index contributed by atoms with van der Waals surface area (Å²) < 4.78 is 1.72. The number of benzene rings is 1. The first kappa shape index (κ1) is 17.7. The van der Waals surface area contributed by atoms with Gasteiger partial charge in [-0.05, 0) is 49.3 Å². The van der Waals surface area contributed by atoms with E-state index in [-0.39, 0.29) is 11.3 Å². The minimum atomic E-state index is -0.906. The van der Waals surface area contributed by atoms with E-state index in [9.17, 15) is 5.11 Å². The summed E-state index contributed by atoms with van der Waals surface area (Å²) in [6.45, 7) is 2.53. The zero-order chi connectivity index (χ0) is 17.2. The average Bonchev–Trinajstić information content (AvgIpc) is 3.17. The van der Waals surface area contributed by atoms with Gasteiger partial charge in [0.1, 0.15) is 12.7 Å². The molecule has 24 heavy (non-hydrogen) atoms. The maximum Gasteiger partial charge on any atom is 0.137 e. The highest BCUT2D eigenvalue weighted by molar-refractivity contribution is 6.30. The van der Waals surface area contributed by atoms with Crippen molar-refractivity contribution in [2.24, 2.45) is 11.3 Å². The summed E-state index contributed by atoms with van der Waals surface area (Å²) in [7, 11) is 0. The van der Waals surface area contributed by atoms with Crippen LogP contribution in [0.4, 0.5) is 0 Å². The Kier molecular flexibility index (Phi) is 5.19. The Morgan fingerprint density at radius 2 is 2.08 bits per heavy atom. The minimum Gasteiger partial charge on any atom is -0.387 e. The maximum absolute atomic E-state index is 11.7. The standard InChI is InChI=1S/C18H23Cl2N3O/c1-2-17(10-19)8-7-15(9-14-3-5-16(20)6-4-14)18(17,24)11-23-13-21-12-22-23/h3-6,12-13,15,24H,2,7-11H2,1H3/t15-,17+,18+/m1/s1. The Morgan fingerprint density at radius 3 is 2.67 bits per heavy atom. The molecule has 0 radical (unpaired) electrons. The van der Waals surface area contributed by atoms with E-state index in [1.54, 1.807) is 11.0 Å². The number of aromatic nitrogens is 3. The van der Waals surface area contributed by atoms with E-state index in [1.165, 1.54) is 11.9 Å². The van der Waals surface area contributed by atoms with Crippen molar-refractivity contribution in [3.8, 4) is 0 Å². The second-order valence-electron chi connectivity index (χ2n) is 6.85. The molecule has 0 unspecified atom stereocenters. The number of halogens is 2. The van der Waals surface area contributed by atoms with Crippen LogP contribution in [0.3, 0.4) is 0 Å². The summed E-state index contributed by atoms with van der Waals surface area (Å²) in [5.74, 6) is 0.577. The summed E-state index contributed by atoms with van der Waals surface area (Å²) >= 11 is 12.3. The first-order chi connectivity index (χ1) is 11.5. The summed E-state index contributed by atoms with van der Waals surface area (Å²) in [6.07, 6.45) is 6.69. The highest BCUT2D eigenvalue weighted by Gasteiger charge is 2.58. The smallest absolute Gasteiger partial charge is 0.137 e. The van der Waals surface area contributed by atoms with Crippen molar-refractivity contribution in [3.63, 3.8) is 0 Å². The molecule has 0 amide bonds. The third-order valence-corrected chi connectivity index (χ3v) is 6.53. The van der Waals surface area contributed by atoms with E-state index >= 15 is 0 Å². The molecule has 0 bridgehead atoms. The lowest BCUT2D eigenvalue weighted by Gasteiger charge is -2.44. The highest BCUT2D eigenvalue weighted by Crippen LogP contribution is 2.54. The average molecular weight is 368 g/mol. The highest BCUT2D eigenvalue weighted by atomic mass is 35.5. The number of hydrogen-bond acceptors (Lipinski definition) is 3. The van der Waals surface area contributed by atoms with E-state index in [0.29, 0.717) is 12.4 Å². The lowest BCUT2D eigenvalue weighted by molar-refractivity contribution is -0.0983. The molecule has 0 spiro atoms. The van der Waals surface area contributed by atoms with E-state index in [1.807, 2.05) is 24.3 Å². The predicted molar refractivity (Wildman–Crippen MR) is 96.3 cm³/mol. The number of hydrogen-bond donors (Lipinski definition) is 1. The second-order valence-corrected chi connectivity index (χ2v) is 7.55. The summed E-state index contributed by atoms with van der Waals surface area (Å²) in [5, 5.41) is 16.7. The first-order valence-electron chi connectivity index (χ1n) is 8.38. The monoisotopic (exact) mass is 367 g/mol. The number of aliphatic hydroxyl groups is 1.